The number of thioether (sulfide) groups is 1. The van der Waals surface area contributed by atoms with E-state index in [0.717, 1.165) is 25.7 Å². The van der Waals surface area contributed by atoms with Gasteiger partial charge in [-0.3, -0.25) is 9.59 Å². The summed E-state index contributed by atoms with van der Waals surface area (Å²) in [5.74, 6) is 1.13. The zero-order valence-corrected chi connectivity index (χ0v) is 20.0. The summed E-state index contributed by atoms with van der Waals surface area (Å²) in [6.07, 6.45) is 6.33. The van der Waals surface area contributed by atoms with Crippen LogP contribution >= 0.6 is 11.8 Å². The summed E-state index contributed by atoms with van der Waals surface area (Å²) in [6.45, 7) is 10.6. The van der Waals surface area contributed by atoms with Crippen molar-refractivity contribution >= 4 is 23.3 Å². The summed E-state index contributed by atoms with van der Waals surface area (Å²) < 4.78 is -0.0266. The predicted octanol–water partition coefficient (Wildman–Crippen LogP) is 4.32. The Morgan fingerprint density at radius 2 is 1.90 bits per heavy atom. The molecule has 4 aliphatic carbocycles. The lowest BCUT2D eigenvalue weighted by molar-refractivity contribution is -0.178. The highest BCUT2D eigenvalue weighted by atomic mass is 32.2. The molecule has 4 rings (SSSR count). The minimum absolute atomic E-state index is 0.0266. The summed E-state index contributed by atoms with van der Waals surface area (Å²) in [7, 11) is 0. The number of hydrogen-bond donors (Lipinski definition) is 2. The fourth-order valence-electron chi connectivity index (χ4n) is 7.55. The zero-order chi connectivity index (χ0) is 22.1. The van der Waals surface area contributed by atoms with Crippen LogP contribution in [0.2, 0.25) is 0 Å². The van der Waals surface area contributed by atoms with Crippen molar-refractivity contribution in [2.75, 3.05) is 5.75 Å². The summed E-state index contributed by atoms with van der Waals surface area (Å²) in [6, 6.07) is 0. The molecule has 3 fully saturated rings. The lowest BCUT2D eigenvalue weighted by Crippen LogP contribution is -2.62. The van der Waals surface area contributed by atoms with E-state index < -0.39 is 17.1 Å². The van der Waals surface area contributed by atoms with Gasteiger partial charge in [0, 0.05) is 16.6 Å². The number of carbonyl (C=O) groups excluding carboxylic acids is 2. The van der Waals surface area contributed by atoms with Crippen molar-refractivity contribution in [1.29, 1.82) is 0 Å². The van der Waals surface area contributed by atoms with Crippen LogP contribution in [-0.4, -0.2) is 44.0 Å². The minimum Gasteiger partial charge on any atom is -0.393 e. The number of ketones is 2. The van der Waals surface area contributed by atoms with Gasteiger partial charge in [0.25, 0.3) is 0 Å². The molecule has 0 bridgehead atoms. The van der Waals surface area contributed by atoms with Gasteiger partial charge in [0.05, 0.1) is 11.9 Å². The SMILES string of the molecule is CC(C)(C)SCC(=O)[C@@]1(O)CC[C@@H]2[C@@H]3CCC4=CC(=O)CC[C@]4(C)[C@H]3[C@@H](O)C[C@@]21C. The predicted molar refractivity (Wildman–Crippen MR) is 120 cm³/mol. The number of carbonyl (C=O) groups is 2. The first-order chi connectivity index (χ1) is 13.8. The van der Waals surface area contributed by atoms with Crippen molar-refractivity contribution in [1.82, 2.24) is 0 Å². The van der Waals surface area contributed by atoms with E-state index in [0.29, 0.717) is 30.9 Å². The zero-order valence-electron chi connectivity index (χ0n) is 19.2. The van der Waals surface area contributed by atoms with Gasteiger partial charge < -0.3 is 10.2 Å². The molecule has 0 saturated heterocycles. The monoisotopic (exact) mass is 434 g/mol. The Labute approximate surface area is 185 Å². The Bertz CT molecular complexity index is 783. The molecular weight excluding hydrogens is 396 g/mol. The van der Waals surface area contributed by atoms with Crippen LogP contribution in [0, 0.1) is 28.6 Å². The van der Waals surface area contributed by atoms with Gasteiger partial charge in [0.1, 0.15) is 5.60 Å². The smallest absolute Gasteiger partial charge is 0.174 e. The second kappa shape index (κ2) is 7.18. The largest absolute Gasteiger partial charge is 0.393 e. The minimum atomic E-state index is -1.35. The number of fused-ring (bicyclic) bond motifs is 5. The van der Waals surface area contributed by atoms with Gasteiger partial charge in [-0.05, 0) is 67.8 Å². The van der Waals surface area contributed by atoms with E-state index in [1.807, 2.05) is 6.08 Å². The Kier molecular flexibility index (Phi) is 5.39. The molecule has 3 saturated carbocycles. The molecule has 5 heteroatoms. The molecule has 0 unspecified atom stereocenters. The molecule has 0 aliphatic heterocycles. The second-order valence-electron chi connectivity index (χ2n) is 11.8. The Balaban J connectivity index is 1.63. The summed E-state index contributed by atoms with van der Waals surface area (Å²) in [5.41, 5.74) is -0.842. The van der Waals surface area contributed by atoms with Crippen molar-refractivity contribution in [3.05, 3.63) is 11.6 Å². The van der Waals surface area contributed by atoms with Crippen LogP contribution in [0.15, 0.2) is 11.6 Å². The highest BCUT2D eigenvalue weighted by Crippen LogP contribution is 2.67. The molecule has 7 atom stereocenters. The van der Waals surface area contributed by atoms with E-state index >= 15 is 0 Å². The maximum Gasteiger partial charge on any atom is 0.174 e. The van der Waals surface area contributed by atoms with Gasteiger partial charge in [-0.1, -0.05) is 40.2 Å². The molecule has 0 aromatic rings. The van der Waals surface area contributed by atoms with Crippen molar-refractivity contribution in [2.24, 2.45) is 28.6 Å². The summed E-state index contributed by atoms with van der Waals surface area (Å²) >= 11 is 1.59. The third-order valence-electron chi connectivity index (χ3n) is 9.15. The van der Waals surface area contributed by atoms with Crippen molar-refractivity contribution in [2.45, 2.75) is 96.0 Å². The first-order valence-corrected chi connectivity index (χ1v) is 12.6. The standard InChI is InChI=1S/C25H38O4S/c1-22(2,3)30-14-20(28)25(29)11-9-18-17-7-6-15-12-16(26)8-10-23(15,4)21(17)19(27)13-24(18,25)5/h12,17-19,21,27,29H,6-11,13-14H2,1-5H3/t17-,18+,19-,21+,23-,24-,25-/m0/s1. The summed E-state index contributed by atoms with van der Waals surface area (Å²) in [4.78, 5) is 25.3. The highest BCUT2D eigenvalue weighted by Gasteiger charge is 2.68. The van der Waals surface area contributed by atoms with E-state index in [1.165, 1.54) is 5.57 Å². The number of aliphatic hydroxyl groups is 2. The molecule has 2 N–H and O–H groups in total. The van der Waals surface area contributed by atoms with Crippen LogP contribution in [0.5, 0.6) is 0 Å². The summed E-state index contributed by atoms with van der Waals surface area (Å²) in [5, 5.41) is 23.1. The molecule has 0 spiro atoms. The Morgan fingerprint density at radius 3 is 2.57 bits per heavy atom. The topological polar surface area (TPSA) is 74.6 Å². The molecule has 0 aromatic carbocycles. The number of Topliss-reactive ketones (excluding diaryl/α,β-unsaturated/α-hetero) is 1. The maximum absolute atomic E-state index is 13.3. The van der Waals surface area contributed by atoms with Gasteiger partial charge in [-0.15, -0.1) is 11.8 Å². The fourth-order valence-corrected chi connectivity index (χ4v) is 8.35. The van der Waals surface area contributed by atoms with Crippen molar-refractivity contribution in [3.63, 3.8) is 0 Å². The fraction of sp³-hybridized carbons (Fsp3) is 0.840. The quantitative estimate of drug-likeness (QED) is 0.692. The normalized spacial score (nSPS) is 46.0. The highest BCUT2D eigenvalue weighted by molar-refractivity contribution is 8.01. The Morgan fingerprint density at radius 1 is 1.20 bits per heavy atom. The van der Waals surface area contributed by atoms with Gasteiger partial charge in [0.2, 0.25) is 0 Å². The molecule has 4 nitrogen and oxygen atoms in total. The third kappa shape index (κ3) is 3.26. The van der Waals surface area contributed by atoms with Gasteiger partial charge >= 0.3 is 0 Å². The average molecular weight is 435 g/mol. The van der Waals surface area contributed by atoms with Crippen LogP contribution in [0.3, 0.4) is 0 Å². The molecule has 168 valence electrons. The van der Waals surface area contributed by atoms with Gasteiger partial charge in [-0.25, -0.2) is 0 Å². The van der Waals surface area contributed by atoms with Crippen LogP contribution in [0.1, 0.15) is 79.6 Å². The number of rotatable bonds is 3. The first-order valence-electron chi connectivity index (χ1n) is 11.6. The number of aliphatic hydroxyl groups excluding tert-OH is 1. The average Bonchev–Trinajstić information content (AvgIpc) is 2.91. The van der Waals surface area contributed by atoms with E-state index in [-0.39, 0.29) is 33.6 Å². The molecule has 0 radical (unpaired) electrons. The number of hydrogen-bond acceptors (Lipinski definition) is 5. The lowest BCUT2D eigenvalue weighted by Gasteiger charge is -2.60. The molecule has 0 amide bonds. The van der Waals surface area contributed by atoms with E-state index in [2.05, 4.69) is 34.6 Å². The van der Waals surface area contributed by atoms with Gasteiger partial charge in [-0.2, -0.15) is 0 Å². The van der Waals surface area contributed by atoms with Crippen LogP contribution < -0.4 is 0 Å². The number of allylic oxidation sites excluding steroid dienone is 1. The Hall–Kier alpha value is -0.650. The first kappa shape index (κ1) is 22.5. The maximum atomic E-state index is 13.3. The van der Waals surface area contributed by atoms with E-state index in [4.69, 9.17) is 0 Å². The van der Waals surface area contributed by atoms with Crippen LogP contribution in [-0.2, 0) is 9.59 Å². The second-order valence-corrected chi connectivity index (χ2v) is 13.6. The molecule has 0 aromatic heterocycles. The van der Waals surface area contributed by atoms with Crippen molar-refractivity contribution in [3.8, 4) is 0 Å². The third-order valence-corrected chi connectivity index (χ3v) is 10.4. The van der Waals surface area contributed by atoms with Crippen LogP contribution in [0.4, 0.5) is 0 Å². The lowest BCUT2D eigenvalue weighted by atomic mass is 9.45. The van der Waals surface area contributed by atoms with E-state index in [1.54, 1.807) is 11.8 Å². The molecule has 30 heavy (non-hydrogen) atoms. The molecular formula is C25H38O4S. The van der Waals surface area contributed by atoms with Crippen LogP contribution in [0.25, 0.3) is 0 Å². The van der Waals surface area contributed by atoms with Gasteiger partial charge in [0.15, 0.2) is 11.6 Å². The van der Waals surface area contributed by atoms with Crippen molar-refractivity contribution < 1.29 is 19.8 Å². The van der Waals surface area contributed by atoms with E-state index in [9.17, 15) is 19.8 Å². The molecule has 0 heterocycles. The molecule has 4 aliphatic rings.